The highest BCUT2D eigenvalue weighted by molar-refractivity contribution is 5.80. The van der Waals surface area contributed by atoms with E-state index in [9.17, 15) is 4.79 Å². The van der Waals surface area contributed by atoms with E-state index in [2.05, 4.69) is 11.4 Å². The molecule has 2 rings (SSSR count). The van der Waals surface area contributed by atoms with Crippen molar-refractivity contribution in [2.45, 2.75) is 45.3 Å². The van der Waals surface area contributed by atoms with E-state index >= 15 is 0 Å². The summed E-state index contributed by atoms with van der Waals surface area (Å²) in [7, 11) is 0. The van der Waals surface area contributed by atoms with Gasteiger partial charge in [0.25, 0.3) is 5.91 Å². The summed E-state index contributed by atoms with van der Waals surface area (Å²) < 4.78 is 5.60. The Morgan fingerprint density at radius 3 is 3.05 bits per heavy atom. The van der Waals surface area contributed by atoms with E-state index in [4.69, 9.17) is 9.84 Å². The molecule has 1 atom stereocenters. The van der Waals surface area contributed by atoms with Crippen molar-refractivity contribution in [1.29, 1.82) is 0 Å². The zero-order valence-electron chi connectivity index (χ0n) is 12.5. The third-order valence-corrected chi connectivity index (χ3v) is 3.64. The molecule has 1 aromatic carbocycles. The van der Waals surface area contributed by atoms with Crippen LogP contribution in [0, 0.1) is 0 Å². The van der Waals surface area contributed by atoms with Crippen LogP contribution in [0.4, 0.5) is 0 Å². The third kappa shape index (κ3) is 4.90. The molecule has 0 aliphatic heterocycles. The summed E-state index contributed by atoms with van der Waals surface area (Å²) in [4.78, 5) is 12.0. The molecule has 1 aliphatic carbocycles. The Labute approximate surface area is 125 Å². The van der Waals surface area contributed by atoms with Crippen LogP contribution >= 0.6 is 0 Å². The summed E-state index contributed by atoms with van der Waals surface area (Å²) in [6.07, 6.45) is 6.23. The molecule has 1 amide bonds. The monoisotopic (exact) mass is 289 g/mol. The lowest BCUT2D eigenvalue weighted by Gasteiger charge is -2.15. The van der Waals surface area contributed by atoms with Crippen molar-refractivity contribution in [3.8, 4) is 5.75 Å². The second-order valence-corrected chi connectivity index (χ2v) is 5.36. The van der Waals surface area contributed by atoms with Gasteiger partial charge >= 0.3 is 0 Å². The Morgan fingerprint density at radius 1 is 1.48 bits per heavy atom. The van der Waals surface area contributed by atoms with Crippen molar-refractivity contribution in [2.75, 3.05) is 6.54 Å². The highest BCUT2D eigenvalue weighted by atomic mass is 16.5. The van der Waals surface area contributed by atoms with E-state index in [1.807, 2.05) is 6.07 Å². The smallest absolute Gasteiger partial charge is 0.260 e. The van der Waals surface area contributed by atoms with Crippen LogP contribution in [-0.2, 0) is 11.4 Å². The topological polar surface area (TPSA) is 58.6 Å². The highest BCUT2D eigenvalue weighted by Crippen LogP contribution is 2.19. The van der Waals surface area contributed by atoms with Gasteiger partial charge in [0.05, 0.1) is 6.61 Å². The van der Waals surface area contributed by atoms with Crippen LogP contribution in [0.15, 0.2) is 35.9 Å². The maximum atomic E-state index is 12.0. The minimum absolute atomic E-state index is 0.0348. The van der Waals surface area contributed by atoms with Crippen LogP contribution in [-0.4, -0.2) is 23.7 Å². The second kappa shape index (κ2) is 7.84. The predicted molar refractivity (Wildman–Crippen MR) is 82.0 cm³/mol. The number of aliphatic hydroxyl groups is 1. The van der Waals surface area contributed by atoms with Crippen molar-refractivity contribution >= 4 is 5.91 Å². The van der Waals surface area contributed by atoms with Crippen LogP contribution in [0.3, 0.4) is 0 Å². The molecule has 4 nitrogen and oxygen atoms in total. The Balaban J connectivity index is 1.76. The summed E-state index contributed by atoms with van der Waals surface area (Å²) in [5.74, 6) is 0.491. The van der Waals surface area contributed by atoms with Crippen molar-refractivity contribution in [3.63, 3.8) is 0 Å². The number of nitrogens with one attached hydrogen (secondary N) is 1. The molecule has 0 spiro atoms. The molecule has 0 heterocycles. The van der Waals surface area contributed by atoms with E-state index in [1.54, 1.807) is 25.1 Å². The van der Waals surface area contributed by atoms with Crippen molar-refractivity contribution < 1.29 is 14.6 Å². The van der Waals surface area contributed by atoms with Gasteiger partial charge in [0.2, 0.25) is 0 Å². The normalized spacial score (nSPS) is 15.4. The van der Waals surface area contributed by atoms with E-state index in [0.29, 0.717) is 12.3 Å². The summed E-state index contributed by atoms with van der Waals surface area (Å²) in [5, 5.41) is 12.0. The van der Waals surface area contributed by atoms with Gasteiger partial charge in [-0.1, -0.05) is 23.8 Å². The molecule has 2 N–H and O–H groups in total. The van der Waals surface area contributed by atoms with Crippen molar-refractivity contribution in [2.24, 2.45) is 0 Å². The zero-order valence-corrected chi connectivity index (χ0v) is 12.5. The van der Waals surface area contributed by atoms with Gasteiger partial charge < -0.3 is 15.2 Å². The van der Waals surface area contributed by atoms with Gasteiger partial charge in [-0.3, -0.25) is 4.79 Å². The maximum Gasteiger partial charge on any atom is 0.260 e. The van der Waals surface area contributed by atoms with Gasteiger partial charge in [-0.2, -0.15) is 0 Å². The molecule has 1 aliphatic rings. The number of ether oxygens (including phenoxy) is 1. The number of hydrogen-bond donors (Lipinski definition) is 2. The van der Waals surface area contributed by atoms with Crippen LogP contribution in [0.1, 0.15) is 38.2 Å². The Morgan fingerprint density at radius 2 is 2.33 bits per heavy atom. The molecule has 0 saturated heterocycles. The minimum atomic E-state index is -0.545. The SMILES string of the molecule is CC(Oc1cccc(CO)c1)C(=O)NCCC1=CCCC1. The predicted octanol–water partition coefficient (Wildman–Crippen LogP) is 2.56. The van der Waals surface area contributed by atoms with Gasteiger partial charge in [-0.25, -0.2) is 0 Å². The average molecular weight is 289 g/mol. The molecule has 0 saturated carbocycles. The quantitative estimate of drug-likeness (QED) is 0.758. The van der Waals surface area contributed by atoms with Crippen molar-refractivity contribution in [3.05, 3.63) is 41.5 Å². The molecule has 21 heavy (non-hydrogen) atoms. The summed E-state index contributed by atoms with van der Waals surface area (Å²) in [5.41, 5.74) is 2.22. The molecule has 0 bridgehead atoms. The lowest BCUT2D eigenvalue weighted by Crippen LogP contribution is -2.36. The van der Waals surface area contributed by atoms with Gasteiger partial charge in [-0.05, 0) is 50.3 Å². The first-order valence-corrected chi connectivity index (χ1v) is 7.51. The fraction of sp³-hybridized carbons (Fsp3) is 0.471. The first-order chi connectivity index (χ1) is 10.2. The number of aliphatic hydroxyl groups excluding tert-OH is 1. The summed E-state index contributed by atoms with van der Waals surface area (Å²) >= 11 is 0. The first-order valence-electron chi connectivity index (χ1n) is 7.51. The van der Waals surface area contributed by atoms with Gasteiger partial charge in [-0.15, -0.1) is 0 Å². The lowest BCUT2D eigenvalue weighted by atomic mass is 10.1. The van der Waals surface area contributed by atoms with Crippen LogP contribution in [0.2, 0.25) is 0 Å². The molecule has 1 aromatic rings. The second-order valence-electron chi connectivity index (χ2n) is 5.36. The maximum absolute atomic E-state index is 12.0. The summed E-state index contributed by atoms with van der Waals surface area (Å²) in [6, 6.07) is 7.14. The Hall–Kier alpha value is -1.81. The molecule has 114 valence electrons. The number of allylic oxidation sites excluding steroid dienone is 1. The molecule has 0 radical (unpaired) electrons. The largest absolute Gasteiger partial charge is 0.481 e. The minimum Gasteiger partial charge on any atom is -0.481 e. The average Bonchev–Trinajstić information content (AvgIpc) is 3.00. The van der Waals surface area contributed by atoms with Crippen LogP contribution in [0.5, 0.6) is 5.75 Å². The molecule has 0 fully saturated rings. The fourth-order valence-corrected chi connectivity index (χ4v) is 2.43. The molecule has 4 heteroatoms. The van der Waals surface area contributed by atoms with Gasteiger partial charge in [0, 0.05) is 6.54 Å². The summed E-state index contributed by atoms with van der Waals surface area (Å²) in [6.45, 7) is 2.36. The lowest BCUT2D eigenvalue weighted by molar-refractivity contribution is -0.127. The number of carbonyl (C=O) groups is 1. The molecular weight excluding hydrogens is 266 g/mol. The van der Waals surface area contributed by atoms with E-state index < -0.39 is 6.10 Å². The zero-order chi connectivity index (χ0) is 15.1. The number of amides is 1. The Kier molecular flexibility index (Phi) is 5.81. The molecule has 1 unspecified atom stereocenters. The number of hydrogen-bond acceptors (Lipinski definition) is 3. The number of benzene rings is 1. The highest BCUT2D eigenvalue weighted by Gasteiger charge is 2.14. The van der Waals surface area contributed by atoms with Crippen LogP contribution < -0.4 is 10.1 Å². The fourth-order valence-electron chi connectivity index (χ4n) is 2.43. The van der Waals surface area contributed by atoms with Crippen molar-refractivity contribution in [1.82, 2.24) is 5.32 Å². The molecular formula is C17H23NO3. The van der Waals surface area contributed by atoms with Gasteiger partial charge in [0.1, 0.15) is 5.75 Å². The first kappa shape index (κ1) is 15.6. The van der Waals surface area contributed by atoms with E-state index in [1.165, 1.54) is 18.4 Å². The van der Waals surface area contributed by atoms with Crippen LogP contribution in [0.25, 0.3) is 0 Å². The standard InChI is InChI=1S/C17H23NO3/c1-13(21-16-8-4-7-15(11-16)12-19)17(20)18-10-9-14-5-2-3-6-14/h4-5,7-8,11,13,19H,2-3,6,9-10,12H2,1H3,(H,18,20). The van der Waals surface area contributed by atoms with Gasteiger partial charge in [0.15, 0.2) is 6.10 Å². The van der Waals surface area contributed by atoms with E-state index in [0.717, 1.165) is 18.4 Å². The van der Waals surface area contributed by atoms with E-state index in [-0.39, 0.29) is 12.5 Å². The molecule has 0 aromatic heterocycles. The Bertz CT molecular complexity index is 511. The third-order valence-electron chi connectivity index (χ3n) is 3.64. The number of rotatable bonds is 7. The number of carbonyl (C=O) groups excluding carboxylic acids is 1.